The lowest BCUT2D eigenvalue weighted by molar-refractivity contribution is 0.0138. The molecule has 0 spiro atoms. The molecule has 0 unspecified atom stereocenters. The maximum Gasteiger partial charge on any atom is 0.410 e. The van der Waals surface area contributed by atoms with E-state index in [1.54, 1.807) is 72.7 Å². The van der Waals surface area contributed by atoms with E-state index in [4.69, 9.17) is 4.74 Å². The zero-order valence-corrected chi connectivity index (χ0v) is 36.8. The van der Waals surface area contributed by atoms with Crippen LogP contribution in [0.25, 0.3) is 0 Å². The highest BCUT2D eigenvalue weighted by Crippen LogP contribution is 2.23. The Bertz CT molecular complexity index is 2300. The van der Waals surface area contributed by atoms with Crippen LogP contribution >= 0.6 is 0 Å². The Kier molecular flexibility index (Phi) is 16.3. The number of urea groups is 2. The molecule has 0 saturated carbocycles. The Labute approximate surface area is 362 Å². The summed E-state index contributed by atoms with van der Waals surface area (Å²) in [6.45, 7) is 15.6. The topological polar surface area (TPSA) is 181 Å². The molecule has 0 atom stereocenters. The second kappa shape index (κ2) is 21.4. The van der Waals surface area contributed by atoms with Gasteiger partial charge in [0, 0.05) is 112 Å². The van der Waals surface area contributed by atoms with E-state index in [-0.39, 0.29) is 23.2 Å². The van der Waals surface area contributed by atoms with Gasteiger partial charge in [-0.2, -0.15) is 4.31 Å². The molecule has 2 saturated heterocycles. The maximum absolute atomic E-state index is 15.0. The van der Waals surface area contributed by atoms with Crippen LogP contribution in [-0.2, 0) is 27.8 Å². The maximum atomic E-state index is 15.0. The van der Waals surface area contributed by atoms with Gasteiger partial charge in [-0.15, -0.1) is 0 Å². The van der Waals surface area contributed by atoms with Crippen LogP contribution in [0.1, 0.15) is 50.2 Å². The Morgan fingerprint density at radius 3 is 1.52 bits per heavy atom. The second-order valence-electron chi connectivity index (χ2n) is 15.9. The normalized spacial score (nSPS) is 15.2. The Morgan fingerprint density at radius 1 is 0.677 bits per heavy atom. The minimum Gasteiger partial charge on any atom is -0.444 e. The largest absolute Gasteiger partial charge is 0.444 e. The summed E-state index contributed by atoms with van der Waals surface area (Å²) in [6.07, 6.45) is 2.84. The molecular weight excluding hydrogens is 823 g/mol. The van der Waals surface area contributed by atoms with Crippen LogP contribution in [0, 0.1) is 25.5 Å². The molecule has 2 aromatic heterocycles. The lowest BCUT2D eigenvalue weighted by Crippen LogP contribution is -2.49. The molecule has 2 fully saturated rings. The number of rotatable bonds is 10. The number of halogens is 2. The van der Waals surface area contributed by atoms with Crippen LogP contribution in [-0.4, -0.2) is 119 Å². The quantitative estimate of drug-likeness (QED) is 0.131. The average Bonchev–Trinajstić information content (AvgIpc) is 3.21. The second-order valence-corrected chi connectivity index (χ2v) is 18.2. The van der Waals surface area contributed by atoms with Gasteiger partial charge in [-0.1, -0.05) is 24.3 Å². The van der Waals surface area contributed by atoms with Crippen LogP contribution in [0.4, 0.5) is 45.9 Å². The zero-order chi connectivity index (χ0) is 45.0. The Hall–Kier alpha value is -5.76. The Morgan fingerprint density at radius 2 is 1.11 bits per heavy atom. The van der Waals surface area contributed by atoms with Crippen molar-refractivity contribution in [3.63, 3.8) is 0 Å². The number of anilines is 4. The van der Waals surface area contributed by atoms with Gasteiger partial charge in [-0.3, -0.25) is 19.8 Å². The summed E-state index contributed by atoms with van der Waals surface area (Å²) in [5, 5.41) is 10.4. The van der Waals surface area contributed by atoms with E-state index in [0.717, 1.165) is 11.4 Å². The molecule has 2 aliphatic heterocycles. The molecule has 62 heavy (non-hydrogen) atoms. The molecule has 4 N–H and O–H groups in total. The third-order valence-corrected chi connectivity index (χ3v) is 11.7. The fourth-order valence-electron chi connectivity index (χ4n) is 6.66. The van der Waals surface area contributed by atoms with E-state index in [0.29, 0.717) is 87.9 Å². The van der Waals surface area contributed by atoms with E-state index < -0.39 is 39.3 Å². The molecule has 6 rings (SSSR count). The molecule has 16 nitrogen and oxygen atoms in total. The van der Waals surface area contributed by atoms with Gasteiger partial charge in [0.1, 0.15) is 5.60 Å². The lowest BCUT2D eigenvalue weighted by Gasteiger charge is -2.35. The fourth-order valence-corrected chi connectivity index (χ4v) is 7.74. The first-order valence-corrected chi connectivity index (χ1v) is 22.0. The smallest absolute Gasteiger partial charge is 0.410 e. The summed E-state index contributed by atoms with van der Waals surface area (Å²) >= 11 is 0. The number of aromatic nitrogens is 2. The van der Waals surface area contributed by atoms with Gasteiger partial charge < -0.3 is 30.9 Å². The van der Waals surface area contributed by atoms with Crippen LogP contribution in [0.3, 0.4) is 0 Å². The van der Waals surface area contributed by atoms with Crippen molar-refractivity contribution < 1.29 is 36.3 Å². The highest BCUT2D eigenvalue weighted by Gasteiger charge is 2.28. The summed E-state index contributed by atoms with van der Waals surface area (Å²) in [4.78, 5) is 50.6. The summed E-state index contributed by atoms with van der Waals surface area (Å²) in [7, 11) is -3.20. The molecule has 0 aliphatic carbocycles. The number of sulfonamides is 1. The number of piperazine rings is 2. The first-order valence-electron chi connectivity index (χ1n) is 20.4. The van der Waals surface area contributed by atoms with Crippen molar-refractivity contribution in [3.8, 4) is 0 Å². The van der Waals surface area contributed by atoms with Gasteiger partial charge in [0.05, 0.1) is 17.1 Å². The molecular formula is C43H56F2N10O6S. The third kappa shape index (κ3) is 14.1. The zero-order valence-electron chi connectivity index (χ0n) is 36.0. The number of hydrogen-bond acceptors (Lipinski definition) is 10. The van der Waals surface area contributed by atoms with E-state index in [1.165, 1.54) is 16.4 Å². The van der Waals surface area contributed by atoms with Crippen LogP contribution in [0.2, 0.25) is 0 Å². The molecule has 4 heterocycles. The van der Waals surface area contributed by atoms with Crippen molar-refractivity contribution in [2.24, 2.45) is 0 Å². The molecule has 2 aliphatic rings. The van der Waals surface area contributed by atoms with E-state index in [9.17, 15) is 27.2 Å². The number of amides is 5. The van der Waals surface area contributed by atoms with Gasteiger partial charge in [0.15, 0.2) is 11.6 Å². The number of carbonyl (C=O) groups is 3. The van der Waals surface area contributed by atoms with Gasteiger partial charge >= 0.3 is 18.2 Å². The summed E-state index contributed by atoms with van der Waals surface area (Å²) in [6, 6.07) is 15.5. The van der Waals surface area contributed by atoms with Gasteiger partial charge in [-0.05, 0) is 77.9 Å². The molecule has 5 amide bonds. The monoisotopic (exact) mass is 878 g/mol. The summed E-state index contributed by atoms with van der Waals surface area (Å²) < 4.78 is 60.8. The lowest BCUT2D eigenvalue weighted by atomic mass is 10.1. The van der Waals surface area contributed by atoms with Gasteiger partial charge in [-0.25, -0.2) is 31.6 Å². The van der Waals surface area contributed by atoms with Crippen molar-refractivity contribution >= 4 is 50.9 Å². The standard InChI is InChI=1S/C23H30FN5O3.C20H26FN5O3S/c1-16-14-18(8-9-25-16)26-21(30)27-19-7-5-6-17(20(19)24)15-28-10-12-29(13-11-28)22(31)32-23(2,3)4;1-3-30(28,29)26-11-9-25(10-12-26)14-16-5-4-6-18(19(16)21)24-20(27)23-17-7-8-22-15(2)13-17/h5-9,14H,10-13,15H2,1-4H3,(H2,25,26,27,30);4-8,13H,3,9-12,14H2,1-2H3,(H2,22,23,24,27). The van der Waals surface area contributed by atoms with Crippen LogP contribution in [0.15, 0.2) is 73.1 Å². The Balaban J connectivity index is 0.000000235. The van der Waals surface area contributed by atoms with E-state index in [2.05, 4.69) is 36.1 Å². The number of ether oxygens (including phenoxy) is 1. The van der Waals surface area contributed by atoms with Crippen LogP contribution < -0.4 is 21.3 Å². The molecule has 2 aromatic carbocycles. The number of nitrogens with zero attached hydrogens (tertiary/aromatic N) is 6. The van der Waals surface area contributed by atoms with Gasteiger partial charge in [0.25, 0.3) is 0 Å². The van der Waals surface area contributed by atoms with Crippen LogP contribution in [0.5, 0.6) is 0 Å². The molecule has 0 bridgehead atoms. The van der Waals surface area contributed by atoms with Crippen molar-refractivity contribution in [1.82, 2.24) is 29.0 Å². The van der Waals surface area contributed by atoms with Crippen molar-refractivity contribution in [1.29, 1.82) is 0 Å². The third-order valence-electron chi connectivity index (χ3n) is 9.86. The predicted octanol–water partition coefficient (Wildman–Crippen LogP) is 6.87. The first-order chi connectivity index (χ1) is 29.4. The van der Waals surface area contributed by atoms with Crippen molar-refractivity contribution in [2.75, 3.05) is 79.4 Å². The summed E-state index contributed by atoms with van der Waals surface area (Å²) in [5.41, 5.74) is 3.25. The molecule has 4 aromatic rings. The molecule has 19 heteroatoms. The number of benzene rings is 2. The first kappa shape index (κ1) is 47.3. The summed E-state index contributed by atoms with van der Waals surface area (Å²) in [5.74, 6) is -0.887. The van der Waals surface area contributed by atoms with Crippen molar-refractivity contribution in [2.45, 2.75) is 60.2 Å². The fraction of sp³-hybridized carbons (Fsp3) is 0.419. The SMILES string of the molecule is CCS(=O)(=O)N1CCN(Cc2cccc(NC(=O)Nc3ccnc(C)c3)c2F)CC1.Cc1cc(NC(=O)Nc2cccc(CN3CCN(C(=O)OC(C)(C)C)CC3)c2F)ccn1. The number of aryl methyl sites for hydroxylation is 2. The minimum absolute atomic E-state index is 0.0798. The highest BCUT2D eigenvalue weighted by atomic mass is 32.2. The highest BCUT2D eigenvalue weighted by molar-refractivity contribution is 7.89. The minimum atomic E-state index is -3.20. The average molecular weight is 879 g/mol. The number of carbonyl (C=O) groups excluding carboxylic acids is 3. The van der Waals surface area contributed by atoms with E-state index in [1.807, 2.05) is 39.5 Å². The number of pyridine rings is 2. The molecule has 0 radical (unpaired) electrons. The van der Waals surface area contributed by atoms with E-state index >= 15 is 4.39 Å². The van der Waals surface area contributed by atoms with Gasteiger partial charge in [0.2, 0.25) is 10.0 Å². The molecule has 334 valence electrons. The van der Waals surface area contributed by atoms with Crippen molar-refractivity contribution in [3.05, 3.63) is 107 Å². The predicted molar refractivity (Wildman–Crippen MR) is 235 cm³/mol. The number of nitrogens with one attached hydrogen (secondary N) is 4. The number of hydrogen-bond donors (Lipinski definition) is 4.